The van der Waals surface area contributed by atoms with Crippen LogP contribution in [0, 0.1) is 11.8 Å². The smallest absolute Gasteiger partial charge is 0.190 e. The minimum absolute atomic E-state index is 0.638. The van der Waals surface area contributed by atoms with Crippen LogP contribution in [0.5, 0.6) is 0 Å². The molecule has 2 saturated heterocycles. The summed E-state index contributed by atoms with van der Waals surface area (Å²) in [6, 6.07) is 0. The van der Waals surface area contributed by atoms with Crippen molar-refractivity contribution < 1.29 is 9.47 Å². The van der Waals surface area contributed by atoms with Crippen LogP contribution in [0.15, 0.2) is 4.99 Å². The van der Waals surface area contributed by atoms with Gasteiger partial charge in [-0.3, -0.25) is 4.99 Å². The molecule has 2 fully saturated rings. The number of guanidine groups is 1. The monoisotopic (exact) mass is 354 g/mol. The zero-order chi connectivity index (χ0) is 17.7. The Morgan fingerprint density at radius 3 is 2.72 bits per heavy atom. The van der Waals surface area contributed by atoms with E-state index in [1.54, 1.807) is 0 Å². The molecule has 0 aliphatic carbocycles. The van der Waals surface area contributed by atoms with Crippen LogP contribution in [0.1, 0.15) is 39.0 Å². The summed E-state index contributed by atoms with van der Waals surface area (Å²) in [6.45, 7) is 11.4. The number of nitrogens with zero attached hydrogens (tertiary/aromatic N) is 2. The van der Waals surface area contributed by atoms with Gasteiger partial charge in [-0.15, -0.1) is 0 Å². The molecule has 1 atom stereocenters. The molecular weight excluding hydrogens is 316 g/mol. The number of aliphatic imine (C=N–C) groups is 1. The largest absolute Gasteiger partial charge is 0.381 e. The van der Waals surface area contributed by atoms with E-state index in [-0.39, 0.29) is 0 Å². The highest BCUT2D eigenvalue weighted by atomic mass is 16.5. The van der Waals surface area contributed by atoms with Gasteiger partial charge in [-0.2, -0.15) is 0 Å². The number of likely N-dealkylation sites (tertiary alicyclic amines) is 1. The lowest BCUT2D eigenvalue weighted by Gasteiger charge is -2.22. The van der Waals surface area contributed by atoms with Crippen LogP contribution in [0.25, 0.3) is 0 Å². The van der Waals surface area contributed by atoms with Gasteiger partial charge in [-0.05, 0) is 57.0 Å². The maximum atomic E-state index is 5.80. The predicted molar refractivity (Wildman–Crippen MR) is 103 cm³/mol. The molecule has 2 heterocycles. The Kier molecular flexibility index (Phi) is 10.2. The minimum Gasteiger partial charge on any atom is -0.381 e. The molecule has 0 radical (unpaired) electrons. The van der Waals surface area contributed by atoms with Crippen molar-refractivity contribution in [3.63, 3.8) is 0 Å². The third kappa shape index (κ3) is 8.88. The molecule has 2 N–H and O–H groups in total. The van der Waals surface area contributed by atoms with Gasteiger partial charge in [0.2, 0.25) is 0 Å². The summed E-state index contributed by atoms with van der Waals surface area (Å²) in [4.78, 5) is 6.88. The van der Waals surface area contributed by atoms with Crippen molar-refractivity contribution in [2.45, 2.75) is 39.0 Å². The average Bonchev–Trinajstić information content (AvgIpc) is 3.14. The highest BCUT2D eigenvalue weighted by Crippen LogP contribution is 2.14. The van der Waals surface area contributed by atoms with E-state index in [1.165, 1.54) is 32.5 Å². The maximum Gasteiger partial charge on any atom is 0.190 e. The molecular formula is C19H38N4O2. The Morgan fingerprint density at radius 2 is 2.00 bits per heavy atom. The first kappa shape index (κ1) is 20.5. The third-order valence-electron chi connectivity index (χ3n) is 5.06. The van der Waals surface area contributed by atoms with E-state index in [0.717, 1.165) is 64.7 Å². The summed E-state index contributed by atoms with van der Waals surface area (Å²) >= 11 is 0. The van der Waals surface area contributed by atoms with Crippen molar-refractivity contribution in [1.82, 2.24) is 15.5 Å². The van der Waals surface area contributed by atoms with Crippen molar-refractivity contribution >= 4 is 5.96 Å². The van der Waals surface area contributed by atoms with E-state index >= 15 is 0 Å². The fourth-order valence-electron chi connectivity index (χ4n) is 3.51. The molecule has 0 amide bonds. The lowest BCUT2D eigenvalue weighted by atomic mass is 10.0. The van der Waals surface area contributed by atoms with E-state index < -0.39 is 0 Å². The van der Waals surface area contributed by atoms with Crippen LogP contribution >= 0.6 is 0 Å². The van der Waals surface area contributed by atoms with Gasteiger partial charge in [0.1, 0.15) is 0 Å². The Balaban J connectivity index is 1.45. The molecule has 2 aliphatic rings. The minimum atomic E-state index is 0.638. The lowest BCUT2D eigenvalue weighted by Crippen LogP contribution is -2.41. The van der Waals surface area contributed by atoms with Gasteiger partial charge in [0.25, 0.3) is 0 Å². The van der Waals surface area contributed by atoms with Crippen LogP contribution < -0.4 is 10.6 Å². The van der Waals surface area contributed by atoms with E-state index in [4.69, 9.17) is 9.47 Å². The van der Waals surface area contributed by atoms with E-state index in [2.05, 4.69) is 27.4 Å². The number of hydrogen-bond acceptors (Lipinski definition) is 4. The van der Waals surface area contributed by atoms with Crippen LogP contribution in [0.2, 0.25) is 0 Å². The van der Waals surface area contributed by atoms with Crippen molar-refractivity contribution in [1.29, 1.82) is 0 Å². The van der Waals surface area contributed by atoms with Crippen molar-refractivity contribution in [3.05, 3.63) is 0 Å². The van der Waals surface area contributed by atoms with Crippen LogP contribution in [0.3, 0.4) is 0 Å². The highest BCUT2D eigenvalue weighted by molar-refractivity contribution is 5.79. The van der Waals surface area contributed by atoms with Crippen molar-refractivity contribution in [2.24, 2.45) is 16.8 Å². The first-order valence-corrected chi connectivity index (χ1v) is 10.1. The van der Waals surface area contributed by atoms with Gasteiger partial charge in [0.05, 0.1) is 0 Å². The molecule has 0 spiro atoms. The van der Waals surface area contributed by atoms with Crippen LogP contribution in [-0.2, 0) is 9.47 Å². The molecule has 2 rings (SSSR count). The molecule has 0 aromatic carbocycles. The van der Waals surface area contributed by atoms with Crippen LogP contribution in [0.4, 0.5) is 0 Å². The molecule has 25 heavy (non-hydrogen) atoms. The topological polar surface area (TPSA) is 58.1 Å². The molecule has 0 bridgehead atoms. The molecule has 0 aromatic heterocycles. The van der Waals surface area contributed by atoms with E-state index in [1.807, 2.05) is 7.05 Å². The normalized spacial score (nSPS) is 21.4. The quantitative estimate of drug-likeness (QED) is 0.355. The first-order valence-electron chi connectivity index (χ1n) is 10.1. The Hall–Kier alpha value is -0.850. The number of ether oxygens (including phenoxy) is 2. The van der Waals surface area contributed by atoms with E-state index in [9.17, 15) is 0 Å². The summed E-state index contributed by atoms with van der Waals surface area (Å²) in [7, 11) is 1.84. The average molecular weight is 355 g/mol. The fraction of sp³-hybridized carbons (Fsp3) is 0.947. The number of nitrogens with one attached hydrogen (secondary N) is 2. The molecule has 0 aromatic rings. The summed E-state index contributed by atoms with van der Waals surface area (Å²) < 4.78 is 11.2. The number of rotatable bonds is 10. The van der Waals surface area contributed by atoms with E-state index in [0.29, 0.717) is 11.8 Å². The SMILES string of the molecule is CN=C(NCCCOCC1CCOCC1)NCC(C)CN1CCCC1. The zero-order valence-corrected chi connectivity index (χ0v) is 16.3. The van der Waals surface area contributed by atoms with Gasteiger partial charge >= 0.3 is 0 Å². The van der Waals surface area contributed by atoms with Crippen molar-refractivity contribution in [3.8, 4) is 0 Å². The second-order valence-corrected chi connectivity index (χ2v) is 7.48. The second kappa shape index (κ2) is 12.5. The summed E-state index contributed by atoms with van der Waals surface area (Å²) in [5.41, 5.74) is 0. The number of hydrogen-bond donors (Lipinski definition) is 2. The zero-order valence-electron chi connectivity index (χ0n) is 16.3. The first-order chi connectivity index (χ1) is 12.3. The molecule has 146 valence electrons. The second-order valence-electron chi connectivity index (χ2n) is 7.48. The van der Waals surface area contributed by atoms with Gasteiger partial charge in [0.15, 0.2) is 5.96 Å². The standard InChI is InChI=1S/C19H38N4O2/c1-17(15-23-9-3-4-10-23)14-22-19(20-2)21-8-5-11-25-16-18-6-12-24-13-7-18/h17-18H,3-16H2,1-2H3,(H2,20,21,22). The molecule has 2 aliphatic heterocycles. The summed E-state index contributed by atoms with van der Waals surface area (Å²) in [6.07, 6.45) is 6.02. The van der Waals surface area contributed by atoms with Crippen LogP contribution in [-0.4, -0.2) is 77.1 Å². The summed E-state index contributed by atoms with van der Waals surface area (Å²) in [5, 5.41) is 6.83. The molecule has 6 heteroatoms. The summed E-state index contributed by atoms with van der Waals surface area (Å²) in [5.74, 6) is 2.23. The van der Waals surface area contributed by atoms with Gasteiger partial charge < -0.3 is 25.0 Å². The van der Waals surface area contributed by atoms with Gasteiger partial charge in [0, 0.05) is 53.1 Å². The van der Waals surface area contributed by atoms with Gasteiger partial charge in [-0.25, -0.2) is 0 Å². The van der Waals surface area contributed by atoms with Gasteiger partial charge in [-0.1, -0.05) is 6.92 Å². The lowest BCUT2D eigenvalue weighted by molar-refractivity contribution is 0.0203. The highest BCUT2D eigenvalue weighted by Gasteiger charge is 2.15. The Bertz CT molecular complexity index is 366. The maximum absolute atomic E-state index is 5.80. The predicted octanol–water partition coefficient (Wildman–Crippen LogP) is 1.72. The molecule has 0 saturated carbocycles. The Morgan fingerprint density at radius 1 is 1.24 bits per heavy atom. The van der Waals surface area contributed by atoms with Crippen molar-refractivity contribution in [2.75, 3.05) is 66.2 Å². The Labute approximate surface area is 153 Å². The third-order valence-corrected chi connectivity index (χ3v) is 5.06. The fourth-order valence-corrected chi connectivity index (χ4v) is 3.51. The molecule has 6 nitrogen and oxygen atoms in total. The molecule has 1 unspecified atom stereocenters.